The largest absolute Gasteiger partial charge is 0.444 e. The number of carbonyl (C=O) groups is 1. The molecule has 2 aromatic carbocycles. The second-order valence-electron chi connectivity index (χ2n) is 6.65. The van der Waals surface area contributed by atoms with Crippen LogP contribution in [0.1, 0.15) is 37.9 Å². The van der Waals surface area contributed by atoms with Crippen molar-refractivity contribution in [1.29, 1.82) is 0 Å². The van der Waals surface area contributed by atoms with Crippen LogP contribution in [0.3, 0.4) is 0 Å². The van der Waals surface area contributed by atoms with Crippen molar-refractivity contribution in [3.05, 3.63) is 77.9 Å². The zero-order valence-electron chi connectivity index (χ0n) is 14.1. The monoisotopic (exact) mass is 323 g/mol. The van der Waals surface area contributed by atoms with E-state index in [1.807, 2.05) is 87.5 Å². The second-order valence-corrected chi connectivity index (χ2v) is 6.65. The molecule has 1 unspecified atom stereocenters. The van der Waals surface area contributed by atoms with Crippen LogP contribution in [-0.4, -0.2) is 16.8 Å². The van der Waals surface area contributed by atoms with Crippen LogP contribution in [0.15, 0.2) is 66.7 Å². The molecule has 0 saturated heterocycles. The van der Waals surface area contributed by atoms with Crippen molar-refractivity contribution in [3.63, 3.8) is 0 Å². The molecule has 0 saturated carbocycles. The zero-order valence-corrected chi connectivity index (χ0v) is 14.1. The van der Waals surface area contributed by atoms with Crippen molar-refractivity contribution < 1.29 is 14.4 Å². The van der Waals surface area contributed by atoms with Crippen molar-refractivity contribution in [3.8, 4) is 0 Å². The van der Waals surface area contributed by atoms with Gasteiger partial charge < -0.3 is 9.57 Å². The van der Waals surface area contributed by atoms with E-state index in [4.69, 9.17) is 9.57 Å². The van der Waals surface area contributed by atoms with Gasteiger partial charge in [0.2, 0.25) is 0 Å². The second kappa shape index (κ2) is 6.40. The number of hydrogen-bond donors (Lipinski definition) is 0. The quantitative estimate of drug-likeness (QED) is 0.785. The lowest BCUT2D eigenvalue weighted by Gasteiger charge is -2.27. The highest BCUT2D eigenvalue weighted by atomic mass is 16.7. The van der Waals surface area contributed by atoms with E-state index in [2.05, 4.69) is 0 Å². The topological polar surface area (TPSA) is 38.8 Å². The molecule has 3 rings (SSSR count). The van der Waals surface area contributed by atoms with Gasteiger partial charge in [0.15, 0.2) is 5.76 Å². The Labute approximate surface area is 142 Å². The van der Waals surface area contributed by atoms with Gasteiger partial charge in [-0.1, -0.05) is 60.7 Å². The number of carbonyl (C=O) groups excluding carboxylic acids is 1. The zero-order chi connectivity index (χ0) is 17.2. The number of benzene rings is 2. The van der Waals surface area contributed by atoms with Gasteiger partial charge in [0, 0.05) is 5.56 Å². The smallest absolute Gasteiger partial charge is 0.442 e. The van der Waals surface area contributed by atoms with Gasteiger partial charge in [-0.25, -0.2) is 4.79 Å². The van der Waals surface area contributed by atoms with Crippen LogP contribution >= 0.6 is 0 Å². The molecule has 4 nitrogen and oxygen atoms in total. The maximum absolute atomic E-state index is 12.6. The van der Waals surface area contributed by atoms with E-state index in [-0.39, 0.29) is 6.04 Å². The van der Waals surface area contributed by atoms with Crippen LogP contribution in [0.2, 0.25) is 0 Å². The highest BCUT2D eigenvalue weighted by Crippen LogP contribution is 2.36. The summed E-state index contributed by atoms with van der Waals surface area (Å²) in [4.78, 5) is 18.4. The van der Waals surface area contributed by atoms with Crippen LogP contribution < -0.4 is 0 Å². The molecule has 2 aromatic rings. The first-order valence-corrected chi connectivity index (χ1v) is 7.96. The summed E-state index contributed by atoms with van der Waals surface area (Å²) in [7, 11) is 0. The van der Waals surface area contributed by atoms with E-state index in [9.17, 15) is 4.79 Å². The Bertz CT molecular complexity index is 732. The Kier molecular flexibility index (Phi) is 4.30. The average Bonchev–Trinajstić information content (AvgIpc) is 3.00. The van der Waals surface area contributed by atoms with Gasteiger partial charge >= 0.3 is 6.09 Å². The van der Waals surface area contributed by atoms with Gasteiger partial charge in [-0.05, 0) is 32.4 Å². The third-order valence-electron chi connectivity index (χ3n) is 3.53. The van der Waals surface area contributed by atoms with E-state index in [1.54, 1.807) is 0 Å². The number of hydrogen-bond acceptors (Lipinski definition) is 3. The van der Waals surface area contributed by atoms with Crippen LogP contribution in [0.4, 0.5) is 4.79 Å². The molecule has 24 heavy (non-hydrogen) atoms. The van der Waals surface area contributed by atoms with Crippen molar-refractivity contribution in [1.82, 2.24) is 5.06 Å². The minimum Gasteiger partial charge on any atom is -0.442 e. The molecule has 0 bridgehead atoms. The standard InChI is InChI=1S/C20H21NO3/c1-20(2,3)23-19(22)21-17(15-10-6-4-7-11-15)14-18(24-21)16-12-8-5-9-13-16/h4-14,17H,1-3H3. The summed E-state index contributed by atoms with van der Waals surface area (Å²) in [6.45, 7) is 5.51. The average molecular weight is 323 g/mol. The fraction of sp³-hybridized carbons (Fsp3) is 0.250. The molecule has 1 amide bonds. The number of rotatable bonds is 2. The summed E-state index contributed by atoms with van der Waals surface area (Å²) in [5.41, 5.74) is 1.30. The highest BCUT2D eigenvalue weighted by molar-refractivity contribution is 5.73. The minimum absolute atomic E-state index is 0.323. The SMILES string of the molecule is CC(C)(C)OC(=O)N1OC(c2ccccc2)=CC1c1ccccc1. The minimum atomic E-state index is -0.586. The molecular formula is C20H21NO3. The molecular weight excluding hydrogens is 302 g/mol. The Hall–Kier alpha value is -2.75. The van der Waals surface area contributed by atoms with Crippen LogP contribution in [0.5, 0.6) is 0 Å². The first-order chi connectivity index (χ1) is 11.4. The van der Waals surface area contributed by atoms with Crippen molar-refractivity contribution >= 4 is 11.9 Å². The molecule has 0 fully saturated rings. The van der Waals surface area contributed by atoms with Gasteiger partial charge in [0.1, 0.15) is 11.6 Å². The fourth-order valence-corrected chi connectivity index (χ4v) is 2.50. The van der Waals surface area contributed by atoms with Crippen molar-refractivity contribution in [2.75, 3.05) is 0 Å². The Morgan fingerprint density at radius 3 is 2.17 bits per heavy atom. The number of hydroxylamine groups is 2. The number of nitrogens with zero attached hydrogens (tertiary/aromatic N) is 1. The van der Waals surface area contributed by atoms with Gasteiger partial charge in [-0.3, -0.25) is 0 Å². The lowest BCUT2D eigenvalue weighted by atomic mass is 10.1. The molecule has 0 aliphatic carbocycles. The van der Waals surface area contributed by atoms with E-state index in [1.165, 1.54) is 5.06 Å². The van der Waals surface area contributed by atoms with E-state index in [0.29, 0.717) is 5.76 Å². The Balaban J connectivity index is 1.92. The van der Waals surface area contributed by atoms with E-state index < -0.39 is 11.7 Å². The van der Waals surface area contributed by atoms with E-state index >= 15 is 0 Å². The molecule has 0 spiro atoms. The summed E-state index contributed by atoms with van der Waals surface area (Å²) in [6.07, 6.45) is 1.44. The van der Waals surface area contributed by atoms with Crippen LogP contribution in [-0.2, 0) is 9.57 Å². The summed E-state index contributed by atoms with van der Waals surface area (Å²) in [5, 5.41) is 1.29. The normalized spacial score (nSPS) is 17.2. The lowest BCUT2D eigenvalue weighted by Crippen LogP contribution is -2.36. The summed E-state index contributed by atoms with van der Waals surface area (Å²) in [5.74, 6) is 0.648. The molecule has 1 aliphatic heterocycles. The van der Waals surface area contributed by atoms with Gasteiger partial charge in [0.05, 0.1) is 0 Å². The lowest BCUT2D eigenvalue weighted by molar-refractivity contribution is -0.0947. The maximum atomic E-state index is 12.6. The van der Waals surface area contributed by atoms with Crippen molar-refractivity contribution in [2.24, 2.45) is 0 Å². The summed E-state index contributed by atoms with van der Waals surface area (Å²) < 4.78 is 5.49. The molecule has 124 valence electrons. The molecule has 1 aliphatic rings. The fourth-order valence-electron chi connectivity index (χ4n) is 2.50. The first kappa shape index (κ1) is 16.1. The molecule has 0 N–H and O–H groups in total. The van der Waals surface area contributed by atoms with Crippen LogP contribution in [0, 0.1) is 0 Å². The third kappa shape index (κ3) is 3.59. The summed E-state index contributed by atoms with van der Waals surface area (Å²) in [6, 6.07) is 19.2. The Morgan fingerprint density at radius 1 is 1.00 bits per heavy atom. The Morgan fingerprint density at radius 2 is 1.58 bits per heavy atom. The van der Waals surface area contributed by atoms with Crippen molar-refractivity contribution in [2.45, 2.75) is 32.4 Å². The highest BCUT2D eigenvalue weighted by Gasteiger charge is 2.36. The van der Waals surface area contributed by atoms with Crippen LogP contribution in [0.25, 0.3) is 5.76 Å². The predicted molar refractivity (Wildman–Crippen MR) is 92.8 cm³/mol. The molecule has 4 heteroatoms. The molecule has 0 radical (unpaired) electrons. The number of ether oxygens (including phenoxy) is 1. The van der Waals surface area contributed by atoms with E-state index in [0.717, 1.165) is 11.1 Å². The first-order valence-electron chi connectivity index (χ1n) is 7.96. The van der Waals surface area contributed by atoms with Gasteiger partial charge in [0.25, 0.3) is 0 Å². The molecule has 1 atom stereocenters. The maximum Gasteiger partial charge on any atom is 0.444 e. The molecule has 0 aromatic heterocycles. The summed E-state index contributed by atoms with van der Waals surface area (Å²) >= 11 is 0. The molecule has 1 heterocycles. The van der Waals surface area contributed by atoms with Gasteiger partial charge in [-0.15, -0.1) is 5.06 Å². The predicted octanol–water partition coefficient (Wildman–Crippen LogP) is 4.95. The number of amides is 1. The third-order valence-corrected chi connectivity index (χ3v) is 3.53. The van der Waals surface area contributed by atoms with Gasteiger partial charge in [-0.2, -0.15) is 0 Å².